The summed E-state index contributed by atoms with van der Waals surface area (Å²) in [6.07, 6.45) is 6.45. The van der Waals surface area contributed by atoms with Crippen LogP contribution in [0.4, 0.5) is 0 Å². The number of rotatable bonds is 5. The fourth-order valence-electron chi connectivity index (χ4n) is 3.53. The number of aryl methyl sites for hydroxylation is 1. The lowest BCUT2D eigenvalue weighted by Gasteiger charge is -2.12. The first kappa shape index (κ1) is 15.9. The number of imidazole rings is 1. The zero-order chi connectivity index (χ0) is 17.4. The van der Waals surface area contributed by atoms with Crippen LogP contribution in [0.25, 0.3) is 11.0 Å². The molecule has 25 heavy (non-hydrogen) atoms. The Balaban J connectivity index is 1.60. The van der Waals surface area contributed by atoms with Crippen LogP contribution in [-0.2, 0) is 26.0 Å². The zero-order valence-corrected chi connectivity index (χ0v) is 14.6. The number of nitrogens with zero attached hydrogens (tertiary/aromatic N) is 2. The van der Waals surface area contributed by atoms with Gasteiger partial charge in [-0.2, -0.15) is 0 Å². The van der Waals surface area contributed by atoms with Crippen LogP contribution in [0.15, 0.2) is 39.9 Å². The minimum atomic E-state index is -0.189. The Bertz CT molecular complexity index is 969. The number of ether oxygens (including phenoxy) is 1. The maximum atomic E-state index is 12.0. The van der Waals surface area contributed by atoms with Crippen LogP contribution < -0.4 is 10.4 Å². The molecule has 0 aliphatic heterocycles. The van der Waals surface area contributed by atoms with Crippen molar-refractivity contribution in [3.8, 4) is 5.75 Å². The van der Waals surface area contributed by atoms with Crippen LogP contribution in [0.2, 0.25) is 0 Å². The highest BCUT2D eigenvalue weighted by Gasteiger charge is 2.19. The Morgan fingerprint density at radius 3 is 2.96 bits per heavy atom. The topological polar surface area (TPSA) is 57.3 Å². The summed E-state index contributed by atoms with van der Waals surface area (Å²) >= 11 is 0. The average molecular weight is 338 g/mol. The summed E-state index contributed by atoms with van der Waals surface area (Å²) < 4.78 is 13.6. The lowest BCUT2D eigenvalue weighted by molar-refractivity contribution is 0.292. The molecule has 5 heteroatoms. The summed E-state index contributed by atoms with van der Waals surface area (Å²) in [6, 6.07) is 5.68. The fourth-order valence-corrected chi connectivity index (χ4v) is 3.53. The summed E-state index contributed by atoms with van der Waals surface area (Å²) in [5.41, 5.74) is 3.47. The SMILES string of the molecule is CC(C)Cn1cncc1COc1ccc2oc(=O)c3c(c2c1)CCC3. The first-order chi connectivity index (χ1) is 12.1. The van der Waals surface area contributed by atoms with Crippen molar-refractivity contribution in [3.63, 3.8) is 0 Å². The van der Waals surface area contributed by atoms with Gasteiger partial charge in [0.25, 0.3) is 0 Å². The lowest BCUT2D eigenvalue weighted by atomic mass is 10.1. The smallest absolute Gasteiger partial charge is 0.339 e. The van der Waals surface area contributed by atoms with Gasteiger partial charge < -0.3 is 13.7 Å². The molecular weight excluding hydrogens is 316 g/mol. The van der Waals surface area contributed by atoms with Gasteiger partial charge in [0.05, 0.1) is 18.2 Å². The summed E-state index contributed by atoms with van der Waals surface area (Å²) in [7, 11) is 0. The molecule has 1 aliphatic rings. The van der Waals surface area contributed by atoms with E-state index in [1.165, 1.54) is 0 Å². The Labute approximate surface area is 146 Å². The van der Waals surface area contributed by atoms with E-state index in [1.54, 1.807) is 0 Å². The third-order valence-electron chi connectivity index (χ3n) is 4.69. The Kier molecular flexibility index (Phi) is 4.07. The first-order valence-electron chi connectivity index (χ1n) is 8.82. The maximum absolute atomic E-state index is 12.0. The molecule has 0 bridgehead atoms. The number of benzene rings is 1. The molecule has 2 heterocycles. The minimum Gasteiger partial charge on any atom is -0.487 e. The average Bonchev–Trinajstić information content (AvgIpc) is 3.22. The van der Waals surface area contributed by atoms with Crippen LogP contribution in [0, 0.1) is 5.92 Å². The Morgan fingerprint density at radius 1 is 1.28 bits per heavy atom. The van der Waals surface area contributed by atoms with E-state index in [1.807, 2.05) is 30.7 Å². The minimum absolute atomic E-state index is 0.189. The van der Waals surface area contributed by atoms with E-state index in [0.717, 1.165) is 53.8 Å². The second-order valence-corrected chi connectivity index (χ2v) is 7.08. The molecule has 3 aromatic rings. The normalized spacial score (nSPS) is 13.6. The molecule has 130 valence electrons. The summed E-state index contributed by atoms with van der Waals surface area (Å²) in [5.74, 6) is 1.34. The number of hydrogen-bond donors (Lipinski definition) is 0. The zero-order valence-electron chi connectivity index (χ0n) is 14.6. The van der Waals surface area contributed by atoms with Gasteiger partial charge in [0.15, 0.2) is 0 Å². The van der Waals surface area contributed by atoms with Crippen molar-refractivity contribution in [2.75, 3.05) is 0 Å². The molecule has 0 fully saturated rings. The fraction of sp³-hybridized carbons (Fsp3) is 0.400. The molecular formula is C20H22N2O3. The lowest BCUT2D eigenvalue weighted by Crippen LogP contribution is -2.09. The molecule has 0 N–H and O–H groups in total. The van der Waals surface area contributed by atoms with E-state index >= 15 is 0 Å². The predicted molar refractivity (Wildman–Crippen MR) is 95.9 cm³/mol. The highest BCUT2D eigenvalue weighted by atomic mass is 16.5. The van der Waals surface area contributed by atoms with E-state index in [2.05, 4.69) is 23.4 Å². The largest absolute Gasteiger partial charge is 0.487 e. The van der Waals surface area contributed by atoms with Gasteiger partial charge in [0.1, 0.15) is 17.9 Å². The molecule has 0 radical (unpaired) electrons. The monoisotopic (exact) mass is 338 g/mol. The van der Waals surface area contributed by atoms with Crippen molar-refractivity contribution in [2.45, 2.75) is 46.3 Å². The molecule has 4 rings (SSSR count). The van der Waals surface area contributed by atoms with E-state index < -0.39 is 0 Å². The van der Waals surface area contributed by atoms with E-state index in [0.29, 0.717) is 18.1 Å². The van der Waals surface area contributed by atoms with Crippen LogP contribution in [0.5, 0.6) is 5.75 Å². The van der Waals surface area contributed by atoms with Crippen LogP contribution in [0.1, 0.15) is 37.1 Å². The van der Waals surface area contributed by atoms with Crippen molar-refractivity contribution >= 4 is 11.0 Å². The Morgan fingerprint density at radius 2 is 2.12 bits per heavy atom. The molecule has 1 aliphatic carbocycles. The summed E-state index contributed by atoms with van der Waals surface area (Å²) in [4.78, 5) is 16.2. The third-order valence-corrected chi connectivity index (χ3v) is 4.69. The number of hydrogen-bond acceptors (Lipinski definition) is 4. The summed E-state index contributed by atoms with van der Waals surface area (Å²) in [5, 5.41) is 1.00. The van der Waals surface area contributed by atoms with Crippen LogP contribution in [0.3, 0.4) is 0 Å². The molecule has 0 spiro atoms. The van der Waals surface area contributed by atoms with Crippen LogP contribution in [-0.4, -0.2) is 9.55 Å². The van der Waals surface area contributed by atoms with E-state index in [4.69, 9.17) is 9.15 Å². The summed E-state index contributed by atoms with van der Waals surface area (Å²) in [6.45, 7) is 5.76. The molecule has 0 amide bonds. The number of fused-ring (bicyclic) bond motifs is 3. The van der Waals surface area contributed by atoms with Crippen molar-refractivity contribution in [1.29, 1.82) is 0 Å². The van der Waals surface area contributed by atoms with Crippen molar-refractivity contribution in [2.24, 2.45) is 5.92 Å². The van der Waals surface area contributed by atoms with Gasteiger partial charge in [-0.25, -0.2) is 9.78 Å². The first-order valence-corrected chi connectivity index (χ1v) is 8.82. The maximum Gasteiger partial charge on any atom is 0.339 e. The van der Waals surface area contributed by atoms with E-state index in [9.17, 15) is 4.79 Å². The molecule has 5 nitrogen and oxygen atoms in total. The highest BCUT2D eigenvalue weighted by Crippen LogP contribution is 2.30. The van der Waals surface area contributed by atoms with Crippen LogP contribution >= 0.6 is 0 Å². The molecule has 0 unspecified atom stereocenters. The van der Waals surface area contributed by atoms with E-state index in [-0.39, 0.29) is 5.63 Å². The van der Waals surface area contributed by atoms with Gasteiger partial charge in [-0.15, -0.1) is 0 Å². The molecule has 2 aromatic heterocycles. The van der Waals surface area contributed by atoms with Gasteiger partial charge in [-0.1, -0.05) is 13.8 Å². The molecule has 1 aromatic carbocycles. The quantitative estimate of drug-likeness (QED) is 0.666. The third kappa shape index (κ3) is 3.06. The predicted octanol–water partition coefficient (Wildman–Crippen LogP) is 3.71. The van der Waals surface area contributed by atoms with Gasteiger partial charge in [0.2, 0.25) is 0 Å². The standard InChI is InChI=1S/C20H22N2O3/c1-13(2)10-22-12-21-9-14(22)11-24-15-6-7-19-18(8-15)16-4-3-5-17(16)20(23)25-19/h6-9,12-13H,3-5,10-11H2,1-2H3. The second-order valence-electron chi connectivity index (χ2n) is 7.08. The molecule has 0 atom stereocenters. The van der Waals surface area contributed by atoms with Gasteiger partial charge in [0, 0.05) is 17.5 Å². The molecule has 0 saturated carbocycles. The van der Waals surface area contributed by atoms with Gasteiger partial charge >= 0.3 is 5.63 Å². The number of aromatic nitrogens is 2. The van der Waals surface area contributed by atoms with Gasteiger partial charge in [-0.05, 0) is 48.9 Å². The molecule has 0 saturated heterocycles. The highest BCUT2D eigenvalue weighted by molar-refractivity contribution is 5.83. The van der Waals surface area contributed by atoms with Gasteiger partial charge in [-0.3, -0.25) is 0 Å². The van der Waals surface area contributed by atoms with Crippen molar-refractivity contribution < 1.29 is 9.15 Å². The Hall–Kier alpha value is -2.56. The second kappa shape index (κ2) is 6.39. The van der Waals surface area contributed by atoms with Crippen molar-refractivity contribution in [3.05, 3.63) is 58.0 Å². The van der Waals surface area contributed by atoms with Crippen molar-refractivity contribution in [1.82, 2.24) is 9.55 Å².